The number of ether oxygens (including phenoxy) is 2. The molecule has 1 aromatic rings. The minimum atomic E-state index is 0.287. The van der Waals surface area contributed by atoms with Gasteiger partial charge in [-0.05, 0) is 29.9 Å². The summed E-state index contributed by atoms with van der Waals surface area (Å²) in [4.78, 5) is 17.5. The number of hydrogen-bond donors (Lipinski definition) is 0. The summed E-state index contributed by atoms with van der Waals surface area (Å²) in [5.41, 5.74) is 1.19. The number of morpholine rings is 1. The number of benzene rings is 1. The van der Waals surface area contributed by atoms with Gasteiger partial charge in [-0.3, -0.25) is 9.69 Å². The molecule has 2 fully saturated rings. The molecule has 0 aromatic heterocycles. The average Bonchev–Trinajstić information content (AvgIpc) is 3.05. The molecule has 0 aliphatic carbocycles. The van der Waals surface area contributed by atoms with Crippen LogP contribution in [0.1, 0.15) is 31.2 Å². The molecular weight excluding hydrogens is 316 g/mol. The van der Waals surface area contributed by atoms with E-state index in [9.17, 15) is 4.79 Å². The molecule has 2 saturated heterocycles. The van der Waals surface area contributed by atoms with Crippen molar-refractivity contribution in [2.75, 3.05) is 46.0 Å². The van der Waals surface area contributed by atoms with E-state index in [1.165, 1.54) is 5.56 Å². The van der Waals surface area contributed by atoms with Gasteiger partial charge in [0.2, 0.25) is 5.91 Å². The predicted molar refractivity (Wildman–Crippen MR) is 95.8 cm³/mol. The first kappa shape index (κ1) is 16.9. The Hall–Kier alpha value is -1.59. The van der Waals surface area contributed by atoms with Crippen molar-refractivity contribution in [2.45, 2.75) is 31.7 Å². The third-order valence-corrected chi connectivity index (χ3v) is 5.94. The Bertz CT molecular complexity index is 615. The summed E-state index contributed by atoms with van der Waals surface area (Å²) in [6.07, 6.45) is 1.53. The second-order valence-corrected chi connectivity index (χ2v) is 7.57. The van der Waals surface area contributed by atoms with Gasteiger partial charge in [-0.15, -0.1) is 0 Å². The molecule has 0 bridgehead atoms. The highest BCUT2D eigenvalue weighted by molar-refractivity contribution is 5.77. The van der Waals surface area contributed by atoms with Crippen LogP contribution in [0.4, 0.5) is 0 Å². The average molecular weight is 344 g/mol. The van der Waals surface area contributed by atoms with Gasteiger partial charge in [0.05, 0.1) is 19.8 Å². The summed E-state index contributed by atoms with van der Waals surface area (Å²) in [7, 11) is 0. The van der Waals surface area contributed by atoms with Gasteiger partial charge >= 0.3 is 0 Å². The molecule has 0 unspecified atom stereocenters. The number of rotatable bonds is 3. The molecule has 5 heteroatoms. The maximum Gasteiger partial charge on any atom is 0.223 e. The quantitative estimate of drug-likeness (QED) is 0.842. The lowest BCUT2D eigenvalue weighted by atomic mass is 9.90. The van der Waals surface area contributed by atoms with E-state index in [1.807, 2.05) is 18.2 Å². The maximum atomic E-state index is 12.9. The minimum Gasteiger partial charge on any atom is -0.493 e. The van der Waals surface area contributed by atoms with Gasteiger partial charge < -0.3 is 14.4 Å². The number of fused-ring (bicyclic) bond motifs is 1. The first-order valence-electron chi connectivity index (χ1n) is 9.53. The van der Waals surface area contributed by atoms with Crippen molar-refractivity contribution in [3.8, 4) is 5.75 Å². The highest BCUT2D eigenvalue weighted by Crippen LogP contribution is 2.36. The minimum absolute atomic E-state index is 0.287. The number of para-hydroxylation sites is 1. The molecular formula is C20H28N2O3. The van der Waals surface area contributed by atoms with Crippen LogP contribution in [0.5, 0.6) is 5.75 Å². The summed E-state index contributed by atoms with van der Waals surface area (Å²) >= 11 is 0. The van der Waals surface area contributed by atoms with E-state index in [0.717, 1.165) is 51.6 Å². The van der Waals surface area contributed by atoms with Gasteiger partial charge in [0.15, 0.2) is 0 Å². The Morgan fingerprint density at radius 2 is 1.96 bits per heavy atom. The normalized spacial score (nSPS) is 30.0. The van der Waals surface area contributed by atoms with E-state index in [2.05, 4.69) is 22.8 Å². The van der Waals surface area contributed by atoms with Crippen molar-refractivity contribution >= 4 is 5.91 Å². The van der Waals surface area contributed by atoms with Crippen molar-refractivity contribution in [2.24, 2.45) is 5.92 Å². The molecule has 136 valence electrons. The molecule has 0 radical (unpaired) electrons. The zero-order valence-corrected chi connectivity index (χ0v) is 15.0. The van der Waals surface area contributed by atoms with Crippen LogP contribution in [0.25, 0.3) is 0 Å². The molecule has 0 spiro atoms. The number of carbonyl (C=O) groups is 1. The van der Waals surface area contributed by atoms with E-state index < -0.39 is 0 Å². The van der Waals surface area contributed by atoms with E-state index in [0.29, 0.717) is 30.9 Å². The van der Waals surface area contributed by atoms with Crippen molar-refractivity contribution < 1.29 is 14.3 Å². The SMILES string of the molecule is C[C@@H]1CN(C(=O)C[C@H]2CCOc3ccccc32)C[C@@H]1N1CCOCC1. The summed E-state index contributed by atoms with van der Waals surface area (Å²) < 4.78 is 11.2. The highest BCUT2D eigenvalue weighted by Gasteiger charge is 2.37. The molecule has 3 heterocycles. The van der Waals surface area contributed by atoms with Crippen LogP contribution >= 0.6 is 0 Å². The summed E-state index contributed by atoms with van der Waals surface area (Å²) in [5, 5.41) is 0. The van der Waals surface area contributed by atoms with Crippen LogP contribution in [0.2, 0.25) is 0 Å². The Morgan fingerprint density at radius 3 is 2.80 bits per heavy atom. The molecule has 3 aliphatic heterocycles. The van der Waals surface area contributed by atoms with E-state index >= 15 is 0 Å². The van der Waals surface area contributed by atoms with Gasteiger partial charge in [0, 0.05) is 38.6 Å². The van der Waals surface area contributed by atoms with Crippen LogP contribution in [-0.2, 0) is 9.53 Å². The summed E-state index contributed by atoms with van der Waals surface area (Å²) in [5.74, 6) is 2.07. The fourth-order valence-electron chi connectivity index (χ4n) is 4.51. The fraction of sp³-hybridized carbons (Fsp3) is 0.650. The van der Waals surface area contributed by atoms with Gasteiger partial charge in [-0.25, -0.2) is 0 Å². The van der Waals surface area contributed by atoms with Crippen LogP contribution in [0.3, 0.4) is 0 Å². The van der Waals surface area contributed by atoms with Gasteiger partial charge in [0.25, 0.3) is 0 Å². The number of carbonyl (C=O) groups excluding carboxylic acids is 1. The number of hydrogen-bond acceptors (Lipinski definition) is 4. The molecule has 3 atom stereocenters. The predicted octanol–water partition coefficient (Wildman–Crippen LogP) is 2.12. The Balaban J connectivity index is 1.39. The van der Waals surface area contributed by atoms with Gasteiger partial charge in [-0.2, -0.15) is 0 Å². The van der Waals surface area contributed by atoms with E-state index in [4.69, 9.17) is 9.47 Å². The van der Waals surface area contributed by atoms with Gasteiger partial charge in [0.1, 0.15) is 5.75 Å². The lowest BCUT2D eigenvalue weighted by Gasteiger charge is -2.34. The summed E-state index contributed by atoms with van der Waals surface area (Å²) in [6, 6.07) is 8.64. The molecule has 5 nitrogen and oxygen atoms in total. The van der Waals surface area contributed by atoms with E-state index in [1.54, 1.807) is 0 Å². The molecule has 0 saturated carbocycles. The molecule has 0 N–H and O–H groups in total. The second kappa shape index (κ2) is 7.34. The molecule has 1 aromatic carbocycles. The molecule has 1 amide bonds. The van der Waals surface area contributed by atoms with Crippen molar-refractivity contribution in [3.05, 3.63) is 29.8 Å². The third-order valence-electron chi connectivity index (χ3n) is 5.94. The smallest absolute Gasteiger partial charge is 0.223 e. The lowest BCUT2D eigenvalue weighted by molar-refractivity contribution is -0.131. The molecule has 3 aliphatic rings. The second-order valence-electron chi connectivity index (χ2n) is 7.57. The fourth-order valence-corrected chi connectivity index (χ4v) is 4.51. The van der Waals surface area contributed by atoms with Crippen LogP contribution in [-0.4, -0.2) is 67.7 Å². The van der Waals surface area contributed by atoms with Crippen LogP contribution in [0.15, 0.2) is 24.3 Å². The number of nitrogens with zero attached hydrogens (tertiary/aromatic N) is 2. The third kappa shape index (κ3) is 3.53. The monoisotopic (exact) mass is 344 g/mol. The van der Waals surface area contributed by atoms with Crippen LogP contribution in [0, 0.1) is 5.92 Å². The number of likely N-dealkylation sites (tertiary alicyclic amines) is 1. The largest absolute Gasteiger partial charge is 0.493 e. The van der Waals surface area contributed by atoms with Gasteiger partial charge in [-0.1, -0.05) is 25.1 Å². The van der Waals surface area contributed by atoms with Crippen molar-refractivity contribution in [1.82, 2.24) is 9.80 Å². The van der Waals surface area contributed by atoms with E-state index in [-0.39, 0.29) is 5.92 Å². The molecule has 25 heavy (non-hydrogen) atoms. The summed E-state index contributed by atoms with van der Waals surface area (Å²) in [6.45, 7) is 8.34. The first-order chi connectivity index (χ1) is 12.2. The lowest BCUT2D eigenvalue weighted by Crippen LogP contribution is -2.47. The topological polar surface area (TPSA) is 42.0 Å². The molecule has 4 rings (SSSR count). The number of amides is 1. The zero-order chi connectivity index (χ0) is 17.2. The first-order valence-corrected chi connectivity index (χ1v) is 9.53. The highest BCUT2D eigenvalue weighted by atomic mass is 16.5. The zero-order valence-electron chi connectivity index (χ0n) is 15.0. The van der Waals surface area contributed by atoms with Crippen molar-refractivity contribution in [1.29, 1.82) is 0 Å². The van der Waals surface area contributed by atoms with Crippen molar-refractivity contribution in [3.63, 3.8) is 0 Å². The standard InChI is InChI=1S/C20H28N2O3/c1-15-13-22(14-18(15)21-7-10-24-11-8-21)20(23)12-16-6-9-25-19-5-3-2-4-17(16)19/h2-5,15-16,18H,6-14H2,1H3/t15-,16-,18+/m1/s1. The maximum absolute atomic E-state index is 12.9. The Labute approximate surface area is 149 Å². The van der Waals surface area contributed by atoms with Crippen LogP contribution < -0.4 is 4.74 Å². The Kier molecular flexibility index (Phi) is 4.95. The Morgan fingerprint density at radius 1 is 1.16 bits per heavy atom.